The van der Waals surface area contributed by atoms with Crippen LogP contribution in [-0.2, 0) is 24.8 Å². The average molecular weight is 648 g/mol. The predicted octanol–water partition coefficient (Wildman–Crippen LogP) is 5.62. The van der Waals surface area contributed by atoms with Gasteiger partial charge in [-0.05, 0) is 60.4 Å². The summed E-state index contributed by atoms with van der Waals surface area (Å²) in [6.45, 7) is -0.638. The Hall–Kier alpha value is -3.54. The van der Waals surface area contributed by atoms with Crippen LogP contribution in [0.15, 0.2) is 59.1 Å². The lowest BCUT2D eigenvalue weighted by Crippen LogP contribution is -2.35. The van der Waals surface area contributed by atoms with Crippen LogP contribution in [0.1, 0.15) is 40.2 Å². The molecular weight excluding hydrogens is 622 g/mol. The van der Waals surface area contributed by atoms with Crippen molar-refractivity contribution in [2.24, 2.45) is 7.05 Å². The number of rotatable bonds is 10. The quantitative estimate of drug-likeness (QED) is 0.207. The molecule has 1 aliphatic rings. The van der Waals surface area contributed by atoms with Gasteiger partial charge in [0.25, 0.3) is 18.2 Å². The monoisotopic (exact) mass is 646 g/mol. The van der Waals surface area contributed by atoms with E-state index in [1.807, 2.05) is 6.07 Å². The summed E-state index contributed by atoms with van der Waals surface area (Å²) in [6.07, 6.45) is -1.48. The molecule has 0 saturated heterocycles. The second-order valence-corrected chi connectivity index (χ2v) is 11.2. The Kier molecular flexibility index (Phi) is 8.30. The maximum Gasteiger partial charge on any atom is 0.272 e. The standard InChI is InChI=1S/C29H26BrClF2N4O4/c1-37-23-13-24(41-15-25(32)33)20(27(38)35-19-5-3-18(30)4-6-19)12-22(23)36-26(37)11-17-10-16(2-7-21(17)31)14-34-28(39)29(40)8-9-29/h2-7,10,12-13,25,40H,8-9,11,14-15H2,1H3,(H,34,39)(H,35,38). The summed E-state index contributed by atoms with van der Waals surface area (Å²) in [7, 11) is 1.78. The van der Waals surface area contributed by atoms with Crippen molar-refractivity contribution in [3.05, 3.63) is 86.6 Å². The maximum atomic E-state index is 13.2. The molecule has 5 rings (SSSR count). The number of ether oxygens (including phenoxy) is 1. The number of nitrogens with one attached hydrogen (secondary N) is 2. The molecule has 1 heterocycles. The van der Waals surface area contributed by atoms with Gasteiger partial charge in [-0.25, -0.2) is 13.8 Å². The van der Waals surface area contributed by atoms with Crippen molar-refractivity contribution in [3.63, 3.8) is 0 Å². The van der Waals surface area contributed by atoms with Crippen molar-refractivity contribution >= 4 is 56.1 Å². The minimum absolute atomic E-state index is 0.00931. The molecule has 0 unspecified atom stereocenters. The molecule has 41 heavy (non-hydrogen) atoms. The Balaban J connectivity index is 1.42. The van der Waals surface area contributed by atoms with E-state index in [4.69, 9.17) is 21.3 Å². The van der Waals surface area contributed by atoms with Crippen LogP contribution in [0.3, 0.4) is 0 Å². The van der Waals surface area contributed by atoms with Gasteiger partial charge in [0.2, 0.25) is 0 Å². The third kappa shape index (κ3) is 6.69. The number of fused-ring (bicyclic) bond motifs is 1. The molecule has 3 N–H and O–H groups in total. The van der Waals surface area contributed by atoms with Gasteiger partial charge in [0.05, 0.1) is 16.6 Å². The van der Waals surface area contributed by atoms with Crippen molar-refractivity contribution in [1.82, 2.24) is 14.9 Å². The predicted molar refractivity (Wildman–Crippen MR) is 155 cm³/mol. The van der Waals surface area contributed by atoms with E-state index in [9.17, 15) is 23.5 Å². The summed E-state index contributed by atoms with van der Waals surface area (Å²) in [5, 5.41) is 16.0. The molecular formula is C29H26BrClF2N4O4. The van der Waals surface area contributed by atoms with Crippen molar-refractivity contribution in [1.29, 1.82) is 0 Å². The number of halogens is 4. The van der Waals surface area contributed by atoms with Gasteiger partial charge in [-0.3, -0.25) is 9.59 Å². The van der Waals surface area contributed by atoms with Crippen LogP contribution in [0.5, 0.6) is 5.75 Å². The minimum atomic E-state index is -2.72. The lowest BCUT2D eigenvalue weighted by molar-refractivity contribution is -0.131. The molecule has 0 aliphatic heterocycles. The molecule has 1 aliphatic carbocycles. The maximum absolute atomic E-state index is 13.2. The third-order valence-electron chi connectivity index (χ3n) is 6.84. The average Bonchev–Trinajstić information content (AvgIpc) is 3.63. The molecule has 0 radical (unpaired) electrons. The Labute approximate surface area is 247 Å². The number of anilines is 1. The highest BCUT2D eigenvalue weighted by atomic mass is 79.9. The number of aromatic nitrogens is 2. The van der Waals surface area contributed by atoms with E-state index < -0.39 is 30.4 Å². The van der Waals surface area contributed by atoms with Crippen LogP contribution >= 0.6 is 27.5 Å². The van der Waals surface area contributed by atoms with Crippen LogP contribution in [0.2, 0.25) is 5.02 Å². The van der Waals surface area contributed by atoms with Crippen molar-refractivity contribution in [3.8, 4) is 5.75 Å². The van der Waals surface area contributed by atoms with Gasteiger partial charge >= 0.3 is 0 Å². The van der Waals surface area contributed by atoms with E-state index in [1.54, 1.807) is 48.0 Å². The molecule has 0 atom stereocenters. The van der Waals surface area contributed by atoms with Crippen molar-refractivity contribution < 1.29 is 28.2 Å². The molecule has 1 saturated carbocycles. The number of alkyl halides is 2. The first-order chi connectivity index (χ1) is 19.5. The minimum Gasteiger partial charge on any atom is -0.487 e. The molecule has 0 spiro atoms. The highest BCUT2D eigenvalue weighted by Crippen LogP contribution is 2.35. The van der Waals surface area contributed by atoms with Gasteiger partial charge in [-0.2, -0.15) is 0 Å². The largest absolute Gasteiger partial charge is 0.487 e. The van der Waals surface area contributed by atoms with Crippen LogP contribution in [0.25, 0.3) is 11.0 Å². The second-order valence-electron chi connectivity index (χ2n) is 9.90. The molecule has 1 fully saturated rings. The van der Waals surface area contributed by atoms with Crippen LogP contribution < -0.4 is 15.4 Å². The van der Waals surface area contributed by atoms with Crippen molar-refractivity contribution in [2.75, 3.05) is 11.9 Å². The van der Waals surface area contributed by atoms with Gasteiger partial charge in [0.15, 0.2) is 0 Å². The van der Waals surface area contributed by atoms with E-state index in [0.29, 0.717) is 46.8 Å². The highest BCUT2D eigenvalue weighted by Gasteiger charge is 2.47. The summed E-state index contributed by atoms with van der Waals surface area (Å²) < 4.78 is 34.0. The number of nitrogens with zero attached hydrogens (tertiary/aromatic N) is 2. The molecule has 214 valence electrons. The Morgan fingerprint density at radius 1 is 1.17 bits per heavy atom. The molecule has 0 bridgehead atoms. The molecule has 12 heteroatoms. The summed E-state index contributed by atoms with van der Waals surface area (Å²) in [4.78, 5) is 30.0. The Bertz CT molecular complexity index is 1620. The summed E-state index contributed by atoms with van der Waals surface area (Å²) >= 11 is 9.83. The second kappa shape index (κ2) is 11.8. The zero-order valence-corrected chi connectivity index (χ0v) is 24.2. The van der Waals surface area contributed by atoms with E-state index in [2.05, 4.69) is 26.6 Å². The number of hydrogen-bond donors (Lipinski definition) is 3. The fourth-order valence-corrected chi connectivity index (χ4v) is 4.79. The lowest BCUT2D eigenvalue weighted by Gasteiger charge is -2.13. The van der Waals surface area contributed by atoms with Gasteiger partial charge in [-0.15, -0.1) is 0 Å². The molecule has 4 aromatic rings. The van der Waals surface area contributed by atoms with Gasteiger partial charge < -0.3 is 25.0 Å². The topological polar surface area (TPSA) is 105 Å². The summed E-state index contributed by atoms with van der Waals surface area (Å²) in [5.41, 5.74) is 1.95. The molecule has 8 nitrogen and oxygen atoms in total. The number of aliphatic hydroxyl groups is 1. The van der Waals surface area contributed by atoms with E-state index >= 15 is 0 Å². The first kappa shape index (κ1) is 29.0. The highest BCUT2D eigenvalue weighted by molar-refractivity contribution is 9.10. The number of carbonyl (C=O) groups excluding carboxylic acids is 2. The van der Waals surface area contributed by atoms with Crippen molar-refractivity contribution in [2.45, 2.75) is 37.8 Å². The van der Waals surface area contributed by atoms with E-state index in [1.165, 1.54) is 12.1 Å². The zero-order chi connectivity index (χ0) is 29.3. The van der Waals surface area contributed by atoms with Gasteiger partial charge in [-0.1, -0.05) is 39.7 Å². The molecule has 3 aromatic carbocycles. The first-order valence-corrected chi connectivity index (χ1v) is 13.9. The SMILES string of the molecule is Cn1c(Cc2cc(CNC(=O)C3(O)CC3)ccc2Cl)nc2cc(C(=O)Nc3ccc(Br)cc3)c(OCC(F)F)cc21. The Morgan fingerprint density at radius 2 is 1.90 bits per heavy atom. The van der Waals surface area contributed by atoms with Crippen LogP contribution in [0.4, 0.5) is 14.5 Å². The summed E-state index contributed by atoms with van der Waals surface area (Å²) in [5.74, 6) is -0.302. The number of imidazole rings is 1. The Morgan fingerprint density at radius 3 is 2.59 bits per heavy atom. The fraction of sp³-hybridized carbons (Fsp3) is 0.276. The van der Waals surface area contributed by atoms with Crippen LogP contribution in [-0.4, -0.2) is 45.1 Å². The third-order valence-corrected chi connectivity index (χ3v) is 7.74. The lowest BCUT2D eigenvalue weighted by atomic mass is 10.1. The smallest absolute Gasteiger partial charge is 0.272 e. The molecule has 1 aromatic heterocycles. The van der Waals surface area contributed by atoms with Gasteiger partial charge in [0, 0.05) is 41.3 Å². The van der Waals surface area contributed by atoms with E-state index in [-0.39, 0.29) is 17.9 Å². The number of aryl methyl sites for hydroxylation is 1. The number of amides is 2. The number of hydrogen-bond acceptors (Lipinski definition) is 5. The molecule has 2 amide bonds. The number of benzene rings is 3. The van der Waals surface area contributed by atoms with Gasteiger partial charge in [0.1, 0.15) is 23.8 Å². The normalized spacial score (nSPS) is 13.8. The fourth-order valence-electron chi connectivity index (χ4n) is 4.34. The van der Waals surface area contributed by atoms with Crippen LogP contribution in [0, 0.1) is 0 Å². The zero-order valence-electron chi connectivity index (χ0n) is 21.9. The summed E-state index contributed by atoms with van der Waals surface area (Å²) in [6, 6.07) is 15.4. The first-order valence-electron chi connectivity index (χ1n) is 12.8. The number of carbonyl (C=O) groups is 2. The van der Waals surface area contributed by atoms with E-state index in [0.717, 1.165) is 15.6 Å².